The molecule has 1 aliphatic rings. The molecule has 6 heteroatoms. The van der Waals surface area contributed by atoms with Gasteiger partial charge in [0, 0.05) is 13.0 Å². The molecule has 6 nitrogen and oxygen atoms in total. The Morgan fingerprint density at radius 3 is 2.62 bits per heavy atom. The Balaban J connectivity index is 1.66. The minimum atomic E-state index is -0.675. The molecule has 1 amide bonds. The average Bonchev–Trinajstić information content (AvgIpc) is 2.68. The van der Waals surface area contributed by atoms with E-state index in [-0.39, 0.29) is 5.69 Å². The standard InChI is InChI=1S/C20H25N3O3/c24-18-17(19(25)21-13-15-9-5-2-6-10-15)22-16(23-20(18)26)12-11-14-7-3-1-4-8-14/h1,3-4,7-8,15,24H,2,5-6,9-13H2,(H,21,25)(H,22,23,26). The van der Waals surface area contributed by atoms with Crippen molar-refractivity contribution in [1.82, 2.24) is 15.3 Å². The van der Waals surface area contributed by atoms with E-state index in [4.69, 9.17) is 0 Å². The molecule has 0 aliphatic heterocycles. The lowest BCUT2D eigenvalue weighted by Gasteiger charge is -2.21. The molecule has 1 heterocycles. The lowest BCUT2D eigenvalue weighted by atomic mass is 9.89. The van der Waals surface area contributed by atoms with Gasteiger partial charge in [0.25, 0.3) is 11.5 Å². The summed E-state index contributed by atoms with van der Waals surface area (Å²) in [5.41, 5.74) is 0.255. The second kappa shape index (κ2) is 8.65. The van der Waals surface area contributed by atoms with Gasteiger partial charge in [0.1, 0.15) is 5.82 Å². The second-order valence-electron chi connectivity index (χ2n) is 6.91. The van der Waals surface area contributed by atoms with E-state index in [0.29, 0.717) is 31.1 Å². The molecule has 1 saturated carbocycles. The van der Waals surface area contributed by atoms with Gasteiger partial charge in [-0.1, -0.05) is 49.6 Å². The minimum Gasteiger partial charge on any atom is -0.501 e. The lowest BCUT2D eigenvalue weighted by Crippen LogP contribution is -2.32. The summed E-state index contributed by atoms with van der Waals surface area (Å²) < 4.78 is 0. The third kappa shape index (κ3) is 4.71. The van der Waals surface area contributed by atoms with E-state index < -0.39 is 17.2 Å². The molecular weight excluding hydrogens is 330 g/mol. The number of amides is 1. The fourth-order valence-electron chi connectivity index (χ4n) is 3.41. The zero-order chi connectivity index (χ0) is 18.4. The molecule has 0 saturated heterocycles. The smallest absolute Gasteiger partial charge is 0.293 e. The van der Waals surface area contributed by atoms with Crippen LogP contribution in [0.4, 0.5) is 0 Å². The highest BCUT2D eigenvalue weighted by Gasteiger charge is 2.20. The summed E-state index contributed by atoms with van der Waals surface area (Å²) in [7, 11) is 0. The maximum Gasteiger partial charge on any atom is 0.293 e. The predicted molar refractivity (Wildman–Crippen MR) is 99.3 cm³/mol. The van der Waals surface area contributed by atoms with Gasteiger partial charge in [0.15, 0.2) is 5.69 Å². The molecule has 2 aromatic rings. The first-order valence-corrected chi connectivity index (χ1v) is 9.28. The van der Waals surface area contributed by atoms with Gasteiger partial charge in [-0.05, 0) is 30.7 Å². The molecule has 0 radical (unpaired) electrons. The number of H-pyrrole nitrogens is 1. The Labute approximate surface area is 152 Å². The molecule has 3 rings (SSSR count). The first-order chi connectivity index (χ1) is 12.6. The van der Waals surface area contributed by atoms with Crippen molar-refractivity contribution in [2.75, 3.05) is 6.54 Å². The molecule has 0 bridgehead atoms. The molecule has 0 unspecified atom stereocenters. The molecular formula is C20H25N3O3. The number of hydrogen-bond donors (Lipinski definition) is 3. The minimum absolute atomic E-state index is 0.187. The highest BCUT2D eigenvalue weighted by atomic mass is 16.3. The number of carbonyl (C=O) groups is 1. The highest BCUT2D eigenvalue weighted by Crippen LogP contribution is 2.23. The maximum atomic E-state index is 12.4. The monoisotopic (exact) mass is 355 g/mol. The molecule has 3 N–H and O–H groups in total. The van der Waals surface area contributed by atoms with Crippen LogP contribution < -0.4 is 10.9 Å². The average molecular weight is 355 g/mol. The molecule has 1 aliphatic carbocycles. The van der Waals surface area contributed by atoms with Crippen molar-refractivity contribution < 1.29 is 9.90 Å². The van der Waals surface area contributed by atoms with Gasteiger partial charge in [0.2, 0.25) is 5.75 Å². The van der Waals surface area contributed by atoms with E-state index in [1.807, 2.05) is 30.3 Å². The van der Waals surface area contributed by atoms with Crippen LogP contribution in [0.2, 0.25) is 0 Å². The van der Waals surface area contributed by atoms with E-state index in [1.54, 1.807) is 0 Å². The molecule has 1 fully saturated rings. The van der Waals surface area contributed by atoms with Crippen molar-refractivity contribution in [3.8, 4) is 5.75 Å². The first-order valence-electron chi connectivity index (χ1n) is 9.28. The topological polar surface area (TPSA) is 95.1 Å². The van der Waals surface area contributed by atoms with Crippen LogP contribution >= 0.6 is 0 Å². The number of aromatic amines is 1. The Morgan fingerprint density at radius 2 is 1.88 bits per heavy atom. The largest absolute Gasteiger partial charge is 0.501 e. The van der Waals surface area contributed by atoms with Crippen molar-refractivity contribution in [3.05, 3.63) is 57.8 Å². The fraction of sp³-hybridized carbons (Fsp3) is 0.450. The predicted octanol–water partition coefficient (Wildman–Crippen LogP) is 2.57. The zero-order valence-corrected chi connectivity index (χ0v) is 14.8. The number of nitrogens with one attached hydrogen (secondary N) is 2. The van der Waals surface area contributed by atoms with Crippen molar-refractivity contribution in [2.24, 2.45) is 5.92 Å². The van der Waals surface area contributed by atoms with Gasteiger partial charge in [0.05, 0.1) is 0 Å². The summed E-state index contributed by atoms with van der Waals surface area (Å²) in [6.07, 6.45) is 7.04. The quantitative estimate of drug-likeness (QED) is 0.742. The Hall–Kier alpha value is -2.63. The maximum absolute atomic E-state index is 12.4. The summed E-state index contributed by atoms with van der Waals surface area (Å²) in [4.78, 5) is 31.1. The summed E-state index contributed by atoms with van der Waals surface area (Å²) >= 11 is 0. The molecule has 1 aromatic carbocycles. The Kier molecular flexibility index (Phi) is 6.04. The zero-order valence-electron chi connectivity index (χ0n) is 14.8. The first kappa shape index (κ1) is 18.2. The number of aromatic hydroxyl groups is 1. The van der Waals surface area contributed by atoms with Crippen molar-refractivity contribution in [1.29, 1.82) is 0 Å². The number of aromatic nitrogens is 2. The van der Waals surface area contributed by atoms with Crippen LogP contribution in [-0.4, -0.2) is 27.5 Å². The summed E-state index contributed by atoms with van der Waals surface area (Å²) in [6.45, 7) is 0.562. The van der Waals surface area contributed by atoms with Crippen LogP contribution in [0.3, 0.4) is 0 Å². The fourth-order valence-corrected chi connectivity index (χ4v) is 3.41. The van der Waals surface area contributed by atoms with Crippen LogP contribution in [0.1, 0.15) is 54.0 Å². The Bertz CT molecular complexity index is 796. The molecule has 1 aromatic heterocycles. The van der Waals surface area contributed by atoms with E-state index in [9.17, 15) is 14.7 Å². The number of nitrogens with zero attached hydrogens (tertiary/aromatic N) is 1. The molecule has 138 valence electrons. The van der Waals surface area contributed by atoms with Gasteiger partial charge in [-0.3, -0.25) is 9.59 Å². The third-order valence-corrected chi connectivity index (χ3v) is 4.93. The highest BCUT2D eigenvalue weighted by molar-refractivity contribution is 5.94. The normalized spacial score (nSPS) is 14.9. The van der Waals surface area contributed by atoms with E-state index in [1.165, 1.54) is 19.3 Å². The SMILES string of the molecule is O=C(NCC1CCCCC1)c1nc(CCc2ccccc2)[nH]c(=O)c1O. The molecule has 0 atom stereocenters. The van der Waals surface area contributed by atoms with E-state index in [0.717, 1.165) is 18.4 Å². The second-order valence-corrected chi connectivity index (χ2v) is 6.91. The molecule has 26 heavy (non-hydrogen) atoms. The van der Waals surface area contributed by atoms with Crippen molar-refractivity contribution >= 4 is 5.91 Å². The van der Waals surface area contributed by atoms with Crippen LogP contribution in [0.25, 0.3) is 0 Å². The van der Waals surface area contributed by atoms with Crippen LogP contribution in [0.5, 0.6) is 5.75 Å². The number of hydrogen-bond acceptors (Lipinski definition) is 4. The van der Waals surface area contributed by atoms with Gasteiger partial charge >= 0.3 is 0 Å². The van der Waals surface area contributed by atoms with E-state index in [2.05, 4.69) is 15.3 Å². The third-order valence-electron chi connectivity index (χ3n) is 4.93. The van der Waals surface area contributed by atoms with E-state index >= 15 is 0 Å². The van der Waals surface area contributed by atoms with Crippen molar-refractivity contribution in [3.63, 3.8) is 0 Å². The van der Waals surface area contributed by atoms with Crippen molar-refractivity contribution in [2.45, 2.75) is 44.9 Å². The van der Waals surface area contributed by atoms with Crippen LogP contribution in [0.15, 0.2) is 35.1 Å². The Morgan fingerprint density at radius 1 is 1.15 bits per heavy atom. The number of benzene rings is 1. The summed E-state index contributed by atoms with van der Waals surface area (Å²) in [6, 6.07) is 9.84. The van der Waals surface area contributed by atoms with Gasteiger partial charge in [-0.15, -0.1) is 0 Å². The molecule has 0 spiro atoms. The summed E-state index contributed by atoms with van der Waals surface area (Å²) in [5.74, 6) is -0.233. The number of aryl methyl sites for hydroxylation is 2. The van der Waals surface area contributed by atoms with Gasteiger partial charge < -0.3 is 15.4 Å². The summed E-state index contributed by atoms with van der Waals surface area (Å²) in [5, 5.41) is 12.8. The lowest BCUT2D eigenvalue weighted by molar-refractivity contribution is 0.0934. The van der Waals surface area contributed by atoms with Gasteiger partial charge in [-0.25, -0.2) is 4.98 Å². The number of carbonyl (C=O) groups excluding carboxylic acids is 1. The van der Waals surface area contributed by atoms with Crippen LogP contribution in [-0.2, 0) is 12.8 Å². The van der Waals surface area contributed by atoms with Crippen LogP contribution in [0, 0.1) is 5.92 Å². The number of rotatable bonds is 6. The van der Waals surface area contributed by atoms with Gasteiger partial charge in [-0.2, -0.15) is 0 Å².